The van der Waals surface area contributed by atoms with Crippen LogP contribution in [0.4, 0.5) is 0 Å². The fraction of sp³-hybridized carbons (Fsp3) is 0.172. The first kappa shape index (κ1) is 24.4. The van der Waals surface area contributed by atoms with Gasteiger partial charge in [-0.15, -0.1) is 6.58 Å². The molecule has 3 aromatic rings. The summed E-state index contributed by atoms with van der Waals surface area (Å²) in [7, 11) is 0. The van der Waals surface area contributed by atoms with Crippen LogP contribution in [0.2, 0.25) is 0 Å². The number of amides is 1. The van der Waals surface area contributed by atoms with Crippen LogP contribution in [0.25, 0.3) is 6.08 Å². The predicted molar refractivity (Wildman–Crippen MR) is 143 cm³/mol. The van der Waals surface area contributed by atoms with E-state index in [1.165, 1.54) is 11.8 Å². The van der Waals surface area contributed by atoms with Crippen LogP contribution >= 0.6 is 11.8 Å². The highest BCUT2D eigenvalue weighted by atomic mass is 32.2. The van der Waals surface area contributed by atoms with Crippen molar-refractivity contribution in [1.29, 1.82) is 0 Å². The average Bonchev–Trinajstić information content (AvgIpc) is 3.16. The molecule has 4 rings (SSSR count). The van der Waals surface area contributed by atoms with E-state index in [9.17, 15) is 9.90 Å². The van der Waals surface area contributed by atoms with Gasteiger partial charge in [0.1, 0.15) is 0 Å². The van der Waals surface area contributed by atoms with Crippen LogP contribution in [-0.4, -0.2) is 27.7 Å². The van der Waals surface area contributed by atoms with E-state index >= 15 is 0 Å². The molecule has 0 saturated carbocycles. The van der Waals surface area contributed by atoms with Gasteiger partial charge in [-0.2, -0.15) is 0 Å². The minimum Gasteiger partial charge on any atom is -0.504 e. The normalized spacial score (nSPS) is 15.7. The molecule has 178 valence electrons. The third-order valence-corrected chi connectivity index (χ3v) is 6.49. The maximum absolute atomic E-state index is 13.5. The smallest absolute Gasteiger partial charge is 0.267 e. The summed E-state index contributed by atoms with van der Waals surface area (Å²) in [6.07, 6.45) is 4.06. The number of phenols is 1. The summed E-state index contributed by atoms with van der Waals surface area (Å²) in [5, 5.41) is 11.2. The van der Waals surface area contributed by atoms with Crippen molar-refractivity contribution in [3.05, 3.63) is 113 Å². The molecule has 0 aliphatic carbocycles. The van der Waals surface area contributed by atoms with Gasteiger partial charge in [0.05, 0.1) is 24.6 Å². The van der Waals surface area contributed by atoms with E-state index in [0.29, 0.717) is 47.5 Å². The molecule has 0 radical (unpaired) electrons. The van der Waals surface area contributed by atoms with E-state index in [1.54, 1.807) is 17.0 Å². The molecule has 35 heavy (non-hydrogen) atoms. The van der Waals surface area contributed by atoms with Crippen molar-refractivity contribution in [2.75, 3.05) is 6.61 Å². The number of amidine groups is 1. The third kappa shape index (κ3) is 6.03. The molecule has 0 unspecified atom stereocenters. The first-order valence-corrected chi connectivity index (χ1v) is 12.3. The van der Waals surface area contributed by atoms with Gasteiger partial charge in [-0.25, -0.2) is 0 Å². The van der Waals surface area contributed by atoms with Crippen LogP contribution in [-0.2, 0) is 24.3 Å². The monoisotopic (exact) mass is 484 g/mol. The molecule has 0 spiro atoms. The van der Waals surface area contributed by atoms with Gasteiger partial charge in [0, 0.05) is 5.56 Å². The molecule has 1 aliphatic rings. The number of thioether (sulfide) groups is 1. The average molecular weight is 485 g/mol. The minimum atomic E-state index is -0.0954. The zero-order chi connectivity index (χ0) is 24.6. The summed E-state index contributed by atoms with van der Waals surface area (Å²) in [4.78, 5) is 20.6. The molecule has 0 bridgehead atoms. The van der Waals surface area contributed by atoms with Crippen molar-refractivity contribution in [2.45, 2.75) is 26.4 Å². The van der Waals surface area contributed by atoms with Crippen molar-refractivity contribution in [3.63, 3.8) is 0 Å². The number of phenolic OH excluding ortho intramolecular Hbond substituents is 1. The Bertz CT molecular complexity index is 1250. The molecule has 0 atom stereocenters. The molecular formula is C29H28N2O3S. The topological polar surface area (TPSA) is 62.1 Å². The quantitative estimate of drug-likeness (QED) is 0.290. The van der Waals surface area contributed by atoms with Gasteiger partial charge < -0.3 is 9.84 Å². The number of nitrogens with zero attached hydrogens (tertiary/aromatic N) is 2. The van der Waals surface area contributed by atoms with Crippen LogP contribution in [0.1, 0.15) is 29.2 Å². The van der Waals surface area contributed by atoms with Gasteiger partial charge in [-0.3, -0.25) is 14.7 Å². The van der Waals surface area contributed by atoms with Gasteiger partial charge in [-0.1, -0.05) is 66.7 Å². The van der Waals surface area contributed by atoms with Crippen LogP contribution in [0.5, 0.6) is 11.5 Å². The van der Waals surface area contributed by atoms with Crippen LogP contribution in [0.15, 0.2) is 95.3 Å². The minimum absolute atomic E-state index is 0.0954. The molecule has 1 heterocycles. The SMILES string of the molecule is C=CCc1cc(/C=C2/SC(=NCc3ccccc3)N(Cc3ccccc3)C2=O)cc(OCC)c1O. The zero-order valence-electron chi connectivity index (χ0n) is 19.7. The van der Waals surface area contributed by atoms with E-state index in [-0.39, 0.29) is 11.7 Å². The van der Waals surface area contributed by atoms with Crippen molar-refractivity contribution < 1.29 is 14.6 Å². The van der Waals surface area contributed by atoms with Crippen LogP contribution in [0.3, 0.4) is 0 Å². The summed E-state index contributed by atoms with van der Waals surface area (Å²) < 4.78 is 5.62. The number of aliphatic imine (C=N–C) groups is 1. The standard InChI is InChI=1S/C29H28N2O3S/c1-3-11-24-16-23(17-25(27(24)32)34-4-2)18-26-28(33)31(20-22-14-9-6-10-15-22)29(35-26)30-19-21-12-7-5-8-13-21/h3,5-10,12-18,32H,1,4,11,19-20H2,2H3/b26-18+,30-29?. The lowest BCUT2D eigenvalue weighted by Gasteiger charge is -2.15. The number of allylic oxidation sites excluding steroid dienone is 1. The molecule has 1 N–H and O–H groups in total. The maximum atomic E-state index is 13.5. The second-order valence-corrected chi connectivity index (χ2v) is 9.03. The number of ether oxygens (including phenoxy) is 1. The number of hydrogen-bond acceptors (Lipinski definition) is 5. The van der Waals surface area contributed by atoms with E-state index in [0.717, 1.165) is 16.7 Å². The number of benzene rings is 3. The molecule has 3 aromatic carbocycles. The Morgan fingerprint density at radius 1 is 1.06 bits per heavy atom. The Morgan fingerprint density at radius 2 is 1.74 bits per heavy atom. The Kier molecular flexibility index (Phi) is 8.06. The third-order valence-electron chi connectivity index (χ3n) is 5.45. The van der Waals surface area contributed by atoms with E-state index in [4.69, 9.17) is 9.73 Å². The number of carbonyl (C=O) groups is 1. The second kappa shape index (κ2) is 11.6. The van der Waals surface area contributed by atoms with E-state index < -0.39 is 0 Å². The lowest BCUT2D eigenvalue weighted by Crippen LogP contribution is -2.28. The maximum Gasteiger partial charge on any atom is 0.267 e. The Labute approximate surface area is 210 Å². The van der Waals surface area contributed by atoms with Gasteiger partial charge in [0.2, 0.25) is 0 Å². The lowest BCUT2D eigenvalue weighted by atomic mass is 10.1. The van der Waals surface area contributed by atoms with E-state index in [1.807, 2.05) is 79.7 Å². The second-order valence-electron chi connectivity index (χ2n) is 8.02. The highest BCUT2D eigenvalue weighted by molar-refractivity contribution is 8.18. The zero-order valence-corrected chi connectivity index (χ0v) is 20.5. The Morgan fingerprint density at radius 3 is 2.40 bits per heavy atom. The summed E-state index contributed by atoms with van der Waals surface area (Å²) >= 11 is 1.37. The molecule has 1 aliphatic heterocycles. The van der Waals surface area contributed by atoms with Crippen molar-refractivity contribution in [3.8, 4) is 11.5 Å². The molecule has 5 nitrogen and oxygen atoms in total. The number of hydrogen-bond donors (Lipinski definition) is 1. The van der Waals surface area contributed by atoms with Gasteiger partial charge in [0.15, 0.2) is 16.7 Å². The molecule has 0 aromatic heterocycles. The summed E-state index contributed by atoms with van der Waals surface area (Å²) in [5.41, 5.74) is 3.60. The largest absolute Gasteiger partial charge is 0.504 e. The van der Waals surface area contributed by atoms with Crippen LogP contribution in [0, 0.1) is 0 Å². The summed E-state index contributed by atoms with van der Waals surface area (Å²) in [5.74, 6) is 0.408. The van der Waals surface area contributed by atoms with E-state index in [2.05, 4.69) is 6.58 Å². The highest BCUT2D eigenvalue weighted by Crippen LogP contribution is 2.37. The Balaban J connectivity index is 1.68. The first-order valence-electron chi connectivity index (χ1n) is 11.5. The Hall–Kier alpha value is -3.77. The molecule has 1 amide bonds. The number of carbonyl (C=O) groups excluding carboxylic acids is 1. The molecule has 6 heteroatoms. The highest BCUT2D eigenvalue weighted by Gasteiger charge is 2.33. The molecule has 1 fully saturated rings. The van der Waals surface area contributed by atoms with Gasteiger partial charge >= 0.3 is 0 Å². The molecular weight excluding hydrogens is 456 g/mol. The number of aromatic hydroxyl groups is 1. The van der Waals surface area contributed by atoms with Crippen molar-refractivity contribution in [2.24, 2.45) is 4.99 Å². The number of rotatable bonds is 9. The lowest BCUT2D eigenvalue weighted by molar-refractivity contribution is -0.122. The van der Waals surface area contributed by atoms with Crippen LogP contribution < -0.4 is 4.74 Å². The fourth-order valence-corrected chi connectivity index (χ4v) is 4.75. The van der Waals surface area contributed by atoms with Crippen molar-refractivity contribution in [1.82, 2.24) is 4.90 Å². The first-order chi connectivity index (χ1) is 17.1. The molecule has 1 saturated heterocycles. The summed E-state index contributed by atoms with van der Waals surface area (Å²) in [6.45, 7) is 7.00. The predicted octanol–water partition coefficient (Wildman–Crippen LogP) is 6.19. The van der Waals surface area contributed by atoms with Crippen molar-refractivity contribution >= 4 is 28.9 Å². The fourth-order valence-electron chi connectivity index (χ4n) is 3.77. The summed E-state index contributed by atoms with van der Waals surface area (Å²) in [6, 6.07) is 23.5. The van der Waals surface area contributed by atoms with Gasteiger partial charge in [-0.05, 0) is 60.0 Å². The van der Waals surface area contributed by atoms with Gasteiger partial charge in [0.25, 0.3) is 5.91 Å².